The zero-order valence-electron chi connectivity index (χ0n) is 28.3. The molecule has 0 saturated carbocycles. The molecule has 0 radical (unpaired) electrons. The van der Waals surface area contributed by atoms with Crippen molar-refractivity contribution in [3.8, 4) is 27.7 Å². The summed E-state index contributed by atoms with van der Waals surface area (Å²) in [7, 11) is 1.84. The fourth-order valence-corrected chi connectivity index (χ4v) is 7.50. The second-order valence-electron chi connectivity index (χ2n) is 12.9. The van der Waals surface area contributed by atoms with Gasteiger partial charge in [0.25, 0.3) is 0 Å². The Hall–Kier alpha value is -4.88. The third-order valence-corrected chi connectivity index (χ3v) is 10.2. The number of hydrogen-bond donors (Lipinski definition) is 1. The van der Waals surface area contributed by atoms with Crippen LogP contribution in [-0.4, -0.2) is 96.9 Å². The molecule has 12 nitrogen and oxygen atoms in total. The fourth-order valence-electron chi connectivity index (χ4n) is 6.58. The Kier molecular flexibility index (Phi) is 9.28. The van der Waals surface area contributed by atoms with E-state index in [9.17, 15) is 9.59 Å². The summed E-state index contributed by atoms with van der Waals surface area (Å²) in [6, 6.07) is 13.9. The fraction of sp³-hybridized carbons (Fsp3) is 0.389. The number of H-pyrrole nitrogens is 1. The van der Waals surface area contributed by atoms with Crippen molar-refractivity contribution in [3.63, 3.8) is 0 Å². The molecule has 0 unspecified atom stereocenters. The molecule has 1 N–H and O–H groups in total. The van der Waals surface area contributed by atoms with Crippen LogP contribution in [0.2, 0.25) is 0 Å². The lowest BCUT2D eigenvalue weighted by molar-refractivity contribution is -0.132. The number of benzene rings is 2. The Morgan fingerprint density at radius 2 is 1.96 bits per heavy atom. The molecule has 2 aliphatic heterocycles. The van der Waals surface area contributed by atoms with E-state index in [1.807, 2.05) is 86.3 Å². The predicted molar refractivity (Wildman–Crippen MR) is 191 cm³/mol. The van der Waals surface area contributed by atoms with Gasteiger partial charge in [-0.15, -0.1) is 11.3 Å². The highest BCUT2D eigenvalue weighted by Gasteiger charge is 2.33. The van der Waals surface area contributed by atoms with Crippen LogP contribution in [0.5, 0.6) is 5.75 Å². The van der Waals surface area contributed by atoms with Crippen molar-refractivity contribution in [2.75, 3.05) is 44.2 Å². The monoisotopic (exact) mass is 679 g/mol. The maximum Gasteiger partial charge on any atom is 0.237 e. The summed E-state index contributed by atoms with van der Waals surface area (Å²) in [5, 5.41) is 14.0. The molecule has 49 heavy (non-hydrogen) atoms. The Balaban J connectivity index is 0.960. The van der Waals surface area contributed by atoms with E-state index in [1.165, 1.54) is 0 Å². The molecule has 3 aromatic heterocycles. The number of aromatic amines is 1. The summed E-state index contributed by atoms with van der Waals surface area (Å²) >= 11 is 1.58. The lowest BCUT2D eigenvalue weighted by atomic mass is 10.0. The van der Waals surface area contributed by atoms with E-state index in [-0.39, 0.29) is 23.8 Å². The number of carbonyl (C=O) groups excluding carboxylic acids is 2. The van der Waals surface area contributed by atoms with Crippen molar-refractivity contribution in [1.82, 2.24) is 39.7 Å². The minimum atomic E-state index is -0.165. The number of aryl methyl sites for hydroxylation is 1. The Labute approximate surface area is 289 Å². The highest BCUT2D eigenvalue weighted by Crippen LogP contribution is 2.33. The maximum atomic E-state index is 13.9. The van der Waals surface area contributed by atoms with Gasteiger partial charge in [-0.1, -0.05) is 6.08 Å². The van der Waals surface area contributed by atoms with Crippen LogP contribution in [0.15, 0.2) is 61.1 Å². The average Bonchev–Trinajstić information content (AvgIpc) is 3.92. The number of rotatable bonds is 10. The van der Waals surface area contributed by atoms with Crippen molar-refractivity contribution >= 4 is 45.3 Å². The number of fused-ring (bicyclic) bond motifs is 1. The molecule has 1 saturated heterocycles. The van der Waals surface area contributed by atoms with Crippen LogP contribution in [0.3, 0.4) is 0 Å². The molecule has 5 heterocycles. The standard InChI is InChI=1S/C36H41N9O3S/c1-5-45(27-8-11-30-29(18-27)33(40-39-30)24-6-9-28(10-7-24)48-23(2)3)36(47)26-12-15-43(20-26)21-32(46)44-16-13-25(14-17-44)35-37-19-31(49-35)34-38-22-42(4)41-34/h6-11,13,18-19,22-23,26H,5,12,14-17,20-21H2,1-4H3,(H,39,40)/t26-/m1/s1. The Bertz CT molecular complexity index is 1990. The quantitative estimate of drug-likeness (QED) is 0.212. The van der Waals surface area contributed by atoms with Crippen molar-refractivity contribution in [3.05, 3.63) is 66.1 Å². The van der Waals surface area contributed by atoms with Crippen LogP contribution in [-0.2, 0) is 16.6 Å². The number of anilines is 1. The van der Waals surface area contributed by atoms with Crippen LogP contribution in [0.4, 0.5) is 5.69 Å². The van der Waals surface area contributed by atoms with Gasteiger partial charge in [-0.2, -0.15) is 10.2 Å². The zero-order chi connectivity index (χ0) is 34.1. The summed E-state index contributed by atoms with van der Waals surface area (Å²) in [5.41, 5.74) is 4.71. The normalized spacial score (nSPS) is 16.8. The number of hydrogen-bond acceptors (Lipinski definition) is 9. The van der Waals surface area contributed by atoms with Crippen LogP contribution >= 0.6 is 11.3 Å². The van der Waals surface area contributed by atoms with E-state index in [1.54, 1.807) is 22.3 Å². The maximum absolute atomic E-state index is 13.9. The second kappa shape index (κ2) is 13.9. The lowest BCUT2D eigenvalue weighted by Gasteiger charge is -2.28. The van der Waals surface area contributed by atoms with Crippen LogP contribution < -0.4 is 9.64 Å². The highest BCUT2D eigenvalue weighted by atomic mass is 32.1. The molecule has 7 rings (SSSR count). The first-order valence-electron chi connectivity index (χ1n) is 16.8. The van der Waals surface area contributed by atoms with E-state index in [0.717, 1.165) is 68.4 Å². The van der Waals surface area contributed by atoms with Gasteiger partial charge in [-0.25, -0.2) is 9.97 Å². The lowest BCUT2D eigenvalue weighted by Crippen LogP contribution is -2.42. The molecule has 5 aromatic rings. The van der Waals surface area contributed by atoms with E-state index >= 15 is 0 Å². The van der Waals surface area contributed by atoms with Gasteiger partial charge >= 0.3 is 0 Å². The molecule has 2 amide bonds. The van der Waals surface area contributed by atoms with Gasteiger partial charge in [0, 0.05) is 56.1 Å². The summed E-state index contributed by atoms with van der Waals surface area (Å²) in [6.45, 7) is 9.38. The molecule has 1 atom stereocenters. The van der Waals surface area contributed by atoms with Crippen molar-refractivity contribution < 1.29 is 14.3 Å². The molecular formula is C36H41N9O3S. The Morgan fingerprint density at radius 3 is 2.67 bits per heavy atom. The van der Waals surface area contributed by atoms with Crippen LogP contribution in [0.1, 0.15) is 38.6 Å². The number of ether oxygens (including phenoxy) is 1. The van der Waals surface area contributed by atoms with Gasteiger partial charge in [-0.05, 0) is 88.2 Å². The van der Waals surface area contributed by atoms with Crippen molar-refractivity contribution in [2.45, 2.75) is 39.7 Å². The third kappa shape index (κ3) is 6.99. The number of aromatic nitrogens is 6. The Morgan fingerprint density at radius 1 is 1.12 bits per heavy atom. The molecule has 2 aromatic carbocycles. The number of nitrogens with one attached hydrogen (secondary N) is 1. The summed E-state index contributed by atoms with van der Waals surface area (Å²) in [4.78, 5) is 42.9. The first-order chi connectivity index (χ1) is 23.7. The zero-order valence-corrected chi connectivity index (χ0v) is 29.1. The van der Waals surface area contributed by atoms with E-state index < -0.39 is 0 Å². The number of carbonyl (C=O) groups is 2. The van der Waals surface area contributed by atoms with Gasteiger partial charge in [0.1, 0.15) is 17.1 Å². The SMILES string of the molecule is CCN(C(=O)[C@@H]1CCN(CC(=O)N2CC=C(c3ncc(-c4ncn(C)n4)s3)CC2)C1)c1ccc2[nH]nc(-c3ccc(OC(C)C)cc3)c2c1. The third-order valence-electron chi connectivity index (χ3n) is 9.08. The molecule has 0 bridgehead atoms. The van der Waals surface area contributed by atoms with Gasteiger partial charge in [0.2, 0.25) is 11.8 Å². The largest absolute Gasteiger partial charge is 0.491 e. The van der Waals surface area contributed by atoms with Gasteiger partial charge < -0.3 is 14.5 Å². The first-order valence-corrected chi connectivity index (χ1v) is 17.6. The summed E-state index contributed by atoms with van der Waals surface area (Å²) in [5.74, 6) is 1.51. The van der Waals surface area contributed by atoms with Crippen LogP contribution in [0, 0.1) is 5.92 Å². The number of nitrogens with zero attached hydrogens (tertiary/aromatic N) is 8. The average molecular weight is 680 g/mol. The second-order valence-corrected chi connectivity index (χ2v) is 13.9. The topological polar surface area (TPSA) is 125 Å². The number of likely N-dealkylation sites (tertiary alicyclic amines) is 1. The van der Waals surface area contributed by atoms with E-state index in [4.69, 9.17) is 4.74 Å². The smallest absolute Gasteiger partial charge is 0.237 e. The first kappa shape index (κ1) is 32.7. The highest BCUT2D eigenvalue weighted by molar-refractivity contribution is 7.16. The molecular weight excluding hydrogens is 639 g/mol. The summed E-state index contributed by atoms with van der Waals surface area (Å²) < 4.78 is 7.48. The van der Waals surface area contributed by atoms with Gasteiger partial charge in [-0.3, -0.25) is 24.3 Å². The number of amides is 2. The minimum absolute atomic E-state index is 0.0892. The molecule has 2 aliphatic rings. The molecule has 254 valence electrons. The molecule has 0 spiro atoms. The van der Waals surface area contributed by atoms with E-state index in [2.05, 4.69) is 36.2 Å². The van der Waals surface area contributed by atoms with Crippen molar-refractivity contribution in [2.24, 2.45) is 13.0 Å². The minimum Gasteiger partial charge on any atom is -0.491 e. The van der Waals surface area contributed by atoms with Crippen LogP contribution in [0.25, 0.3) is 38.4 Å². The molecule has 1 fully saturated rings. The molecule has 0 aliphatic carbocycles. The predicted octanol–water partition coefficient (Wildman–Crippen LogP) is 5.26. The summed E-state index contributed by atoms with van der Waals surface area (Å²) in [6.07, 6.45) is 7.18. The van der Waals surface area contributed by atoms with E-state index in [0.29, 0.717) is 38.5 Å². The van der Waals surface area contributed by atoms with Gasteiger partial charge in [0.15, 0.2) is 5.82 Å². The van der Waals surface area contributed by atoms with Crippen molar-refractivity contribution in [1.29, 1.82) is 0 Å². The van der Waals surface area contributed by atoms with Gasteiger partial charge in [0.05, 0.1) is 34.7 Å². The number of thiazole rings is 1. The molecule has 13 heteroatoms.